The monoisotopic (exact) mass is 255 g/mol. The first kappa shape index (κ1) is 12.1. The molecule has 3 rings (SSSR count). The first-order chi connectivity index (χ1) is 7.93. The lowest BCUT2D eigenvalue weighted by molar-refractivity contribution is 0.322. The summed E-state index contributed by atoms with van der Waals surface area (Å²) in [6, 6.07) is 0. The predicted octanol–water partition coefficient (Wildman–Crippen LogP) is 1.35. The molecule has 0 amide bonds. The number of aromatic nitrogens is 4. The third-order valence-electron chi connectivity index (χ3n) is 2.80. The van der Waals surface area contributed by atoms with Crippen LogP contribution in [0.15, 0.2) is 16.9 Å². The molecule has 7 heteroatoms. The summed E-state index contributed by atoms with van der Waals surface area (Å²) in [5.74, 6) is 2.23. The van der Waals surface area contributed by atoms with Gasteiger partial charge in [0, 0.05) is 18.9 Å². The number of halogens is 1. The molecule has 1 aliphatic rings. The average Bonchev–Trinajstić information content (AvgIpc) is 3.01. The zero-order valence-corrected chi connectivity index (χ0v) is 10.0. The normalized spacial score (nSPS) is 19.9. The SMILES string of the molecule is Cl.c1c[nH]c(-c2noc([C@H]3CCCNC3)n2)n1. The fraction of sp³-hybridized carbons (Fsp3) is 0.500. The zero-order chi connectivity index (χ0) is 10.8. The van der Waals surface area contributed by atoms with Gasteiger partial charge in [-0.15, -0.1) is 12.4 Å². The van der Waals surface area contributed by atoms with E-state index in [2.05, 4.69) is 25.4 Å². The number of piperidine rings is 1. The molecule has 3 heterocycles. The molecule has 0 saturated carbocycles. The summed E-state index contributed by atoms with van der Waals surface area (Å²) in [6.45, 7) is 2.00. The van der Waals surface area contributed by atoms with Gasteiger partial charge in [-0.25, -0.2) is 4.98 Å². The second kappa shape index (κ2) is 5.29. The number of hydrogen-bond donors (Lipinski definition) is 2. The van der Waals surface area contributed by atoms with E-state index in [9.17, 15) is 0 Å². The number of rotatable bonds is 2. The highest BCUT2D eigenvalue weighted by Crippen LogP contribution is 2.23. The van der Waals surface area contributed by atoms with Gasteiger partial charge in [-0.2, -0.15) is 4.98 Å². The third kappa shape index (κ3) is 2.48. The fourth-order valence-corrected chi connectivity index (χ4v) is 1.95. The van der Waals surface area contributed by atoms with Gasteiger partial charge in [0.2, 0.25) is 11.7 Å². The number of imidazole rings is 1. The van der Waals surface area contributed by atoms with E-state index in [1.807, 2.05) is 0 Å². The van der Waals surface area contributed by atoms with Crippen molar-refractivity contribution < 1.29 is 4.52 Å². The molecule has 1 saturated heterocycles. The smallest absolute Gasteiger partial charge is 0.238 e. The van der Waals surface area contributed by atoms with E-state index in [0.717, 1.165) is 25.9 Å². The van der Waals surface area contributed by atoms with Gasteiger partial charge < -0.3 is 14.8 Å². The van der Waals surface area contributed by atoms with Crippen LogP contribution >= 0.6 is 12.4 Å². The molecule has 1 atom stereocenters. The highest BCUT2D eigenvalue weighted by atomic mass is 35.5. The van der Waals surface area contributed by atoms with Crippen molar-refractivity contribution in [1.29, 1.82) is 0 Å². The molecule has 1 fully saturated rings. The van der Waals surface area contributed by atoms with Gasteiger partial charge in [-0.1, -0.05) is 5.16 Å². The quantitative estimate of drug-likeness (QED) is 0.847. The molecule has 2 aromatic heterocycles. The summed E-state index contributed by atoms with van der Waals surface area (Å²) in [4.78, 5) is 11.4. The molecule has 0 radical (unpaired) electrons. The lowest BCUT2D eigenvalue weighted by Gasteiger charge is -2.18. The van der Waals surface area contributed by atoms with Crippen molar-refractivity contribution in [2.45, 2.75) is 18.8 Å². The minimum atomic E-state index is 0. The van der Waals surface area contributed by atoms with Gasteiger partial charge in [0.15, 0.2) is 5.82 Å². The molecule has 0 aliphatic carbocycles. The number of nitrogens with one attached hydrogen (secondary N) is 2. The molecule has 17 heavy (non-hydrogen) atoms. The average molecular weight is 256 g/mol. The second-order valence-electron chi connectivity index (χ2n) is 3.94. The van der Waals surface area contributed by atoms with Crippen LogP contribution in [-0.2, 0) is 0 Å². The fourth-order valence-electron chi connectivity index (χ4n) is 1.95. The van der Waals surface area contributed by atoms with Gasteiger partial charge in [-0.05, 0) is 19.4 Å². The van der Waals surface area contributed by atoms with E-state index >= 15 is 0 Å². The summed E-state index contributed by atoms with van der Waals surface area (Å²) in [6.07, 6.45) is 5.68. The molecular formula is C10H14ClN5O. The van der Waals surface area contributed by atoms with Crippen LogP contribution < -0.4 is 5.32 Å². The van der Waals surface area contributed by atoms with Crippen LogP contribution in [0.25, 0.3) is 11.6 Å². The van der Waals surface area contributed by atoms with Crippen LogP contribution in [-0.4, -0.2) is 33.2 Å². The van der Waals surface area contributed by atoms with Crippen molar-refractivity contribution in [2.24, 2.45) is 0 Å². The van der Waals surface area contributed by atoms with Crippen LogP contribution in [0.2, 0.25) is 0 Å². The molecule has 0 spiro atoms. The van der Waals surface area contributed by atoms with Crippen LogP contribution in [0.4, 0.5) is 0 Å². The van der Waals surface area contributed by atoms with Crippen molar-refractivity contribution >= 4 is 12.4 Å². The number of hydrogen-bond acceptors (Lipinski definition) is 5. The molecule has 0 bridgehead atoms. The van der Waals surface area contributed by atoms with E-state index < -0.39 is 0 Å². The highest BCUT2D eigenvalue weighted by Gasteiger charge is 2.22. The molecule has 92 valence electrons. The molecule has 0 aromatic carbocycles. The summed E-state index contributed by atoms with van der Waals surface area (Å²) in [7, 11) is 0. The van der Waals surface area contributed by atoms with Crippen molar-refractivity contribution in [3.05, 3.63) is 18.3 Å². The van der Waals surface area contributed by atoms with Crippen LogP contribution in [0, 0.1) is 0 Å². The maximum Gasteiger partial charge on any atom is 0.238 e. The highest BCUT2D eigenvalue weighted by molar-refractivity contribution is 5.85. The Morgan fingerprint density at radius 2 is 2.35 bits per heavy atom. The Balaban J connectivity index is 0.00000108. The Labute approximate surface area is 105 Å². The zero-order valence-electron chi connectivity index (χ0n) is 9.22. The summed E-state index contributed by atoms with van der Waals surface area (Å²) < 4.78 is 5.27. The number of aromatic amines is 1. The second-order valence-corrected chi connectivity index (χ2v) is 3.94. The Morgan fingerprint density at radius 1 is 1.41 bits per heavy atom. The maximum absolute atomic E-state index is 5.27. The Morgan fingerprint density at radius 3 is 3.06 bits per heavy atom. The van der Waals surface area contributed by atoms with E-state index in [4.69, 9.17) is 4.52 Å². The minimum absolute atomic E-state index is 0. The van der Waals surface area contributed by atoms with Crippen molar-refractivity contribution in [2.75, 3.05) is 13.1 Å². The number of H-pyrrole nitrogens is 1. The Kier molecular flexibility index (Phi) is 3.75. The molecular weight excluding hydrogens is 242 g/mol. The van der Waals surface area contributed by atoms with Gasteiger partial charge in [0.05, 0.1) is 5.92 Å². The van der Waals surface area contributed by atoms with E-state index in [1.54, 1.807) is 12.4 Å². The Bertz CT molecular complexity index is 449. The number of nitrogens with zero attached hydrogens (tertiary/aromatic N) is 3. The molecule has 2 N–H and O–H groups in total. The lowest BCUT2D eigenvalue weighted by atomic mass is 10.00. The summed E-state index contributed by atoms with van der Waals surface area (Å²) >= 11 is 0. The van der Waals surface area contributed by atoms with Crippen molar-refractivity contribution in [3.63, 3.8) is 0 Å². The first-order valence-electron chi connectivity index (χ1n) is 5.47. The van der Waals surface area contributed by atoms with Gasteiger partial charge in [0.25, 0.3) is 0 Å². The van der Waals surface area contributed by atoms with Crippen molar-refractivity contribution in [3.8, 4) is 11.6 Å². The molecule has 1 aliphatic heterocycles. The topological polar surface area (TPSA) is 79.6 Å². The minimum Gasteiger partial charge on any atom is -0.342 e. The summed E-state index contributed by atoms with van der Waals surface area (Å²) in [5.41, 5.74) is 0. The van der Waals surface area contributed by atoms with Gasteiger partial charge >= 0.3 is 0 Å². The van der Waals surface area contributed by atoms with Crippen LogP contribution in [0.5, 0.6) is 0 Å². The van der Waals surface area contributed by atoms with Gasteiger partial charge in [0.1, 0.15) is 0 Å². The van der Waals surface area contributed by atoms with Crippen molar-refractivity contribution in [1.82, 2.24) is 25.4 Å². The molecule has 0 unspecified atom stereocenters. The van der Waals surface area contributed by atoms with E-state index in [0.29, 0.717) is 23.5 Å². The lowest BCUT2D eigenvalue weighted by Crippen LogP contribution is -2.28. The van der Waals surface area contributed by atoms with Gasteiger partial charge in [-0.3, -0.25) is 0 Å². The van der Waals surface area contributed by atoms with Crippen LogP contribution in [0.1, 0.15) is 24.7 Å². The summed E-state index contributed by atoms with van der Waals surface area (Å²) in [5, 5.41) is 7.25. The van der Waals surface area contributed by atoms with E-state index in [-0.39, 0.29) is 12.4 Å². The standard InChI is InChI=1S/C10H13N5O.ClH/c1-2-7(6-11-3-1)10-14-9(15-16-10)8-12-4-5-13-8;/h4-5,7,11H,1-3,6H2,(H,12,13);1H/t7-;/m0./s1. The predicted molar refractivity (Wildman–Crippen MR) is 64.0 cm³/mol. The molecule has 6 nitrogen and oxygen atoms in total. The largest absolute Gasteiger partial charge is 0.342 e. The van der Waals surface area contributed by atoms with Crippen LogP contribution in [0.3, 0.4) is 0 Å². The third-order valence-corrected chi connectivity index (χ3v) is 2.80. The van der Waals surface area contributed by atoms with E-state index in [1.165, 1.54) is 0 Å². The maximum atomic E-state index is 5.27. The Hall–Kier alpha value is -1.40. The molecule has 2 aromatic rings. The first-order valence-corrected chi connectivity index (χ1v) is 5.47.